The van der Waals surface area contributed by atoms with Crippen molar-refractivity contribution < 1.29 is 31.6 Å². The van der Waals surface area contributed by atoms with Crippen LogP contribution in [0.25, 0.3) is 11.3 Å². The van der Waals surface area contributed by atoms with Gasteiger partial charge in [-0.15, -0.1) is 0 Å². The fraction of sp³-hybridized carbons (Fsp3) is 0.226. The number of benzene rings is 3. The number of hydrogen-bond donors (Lipinski definition) is 1. The van der Waals surface area contributed by atoms with Crippen molar-refractivity contribution in [3.05, 3.63) is 112 Å². The molecule has 3 aromatic carbocycles. The predicted octanol–water partition coefficient (Wildman–Crippen LogP) is 6.93. The number of halogens is 5. The Labute approximate surface area is 244 Å². The van der Waals surface area contributed by atoms with E-state index >= 15 is 0 Å². The second-order valence-corrected chi connectivity index (χ2v) is 10.2. The lowest BCUT2D eigenvalue weighted by atomic mass is 10.0. The van der Waals surface area contributed by atoms with Crippen molar-refractivity contribution in [2.45, 2.75) is 32.0 Å². The zero-order valence-electron chi connectivity index (χ0n) is 22.4. The largest absolute Gasteiger partial charge is 0.451 e. The zero-order valence-corrected chi connectivity index (χ0v) is 23.2. The van der Waals surface area contributed by atoms with Crippen molar-refractivity contribution >= 4 is 29.1 Å². The van der Waals surface area contributed by atoms with E-state index in [1.165, 1.54) is 41.4 Å². The monoisotopic (exact) mass is 599 g/mol. The number of likely N-dealkylation sites (N-methyl/N-ethyl adjacent to an activating group) is 1. The minimum Gasteiger partial charge on any atom is -0.451 e. The predicted molar refractivity (Wildman–Crippen MR) is 150 cm³/mol. The van der Waals surface area contributed by atoms with E-state index in [0.717, 1.165) is 23.3 Å². The first-order valence-corrected chi connectivity index (χ1v) is 13.6. The van der Waals surface area contributed by atoms with Gasteiger partial charge in [-0.25, -0.2) is 4.39 Å². The van der Waals surface area contributed by atoms with Gasteiger partial charge in [-0.05, 0) is 79.1 Å². The number of fused-ring (bicyclic) bond motifs is 1. The average Bonchev–Trinajstić information content (AvgIpc) is 3.62. The van der Waals surface area contributed by atoms with Crippen molar-refractivity contribution in [3.8, 4) is 11.3 Å². The fourth-order valence-electron chi connectivity index (χ4n) is 4.98. The van der Waals surface area contributed by atoms with Gasteiger partial charge in [0.25, 0.3) is 11.8 Å². The highest BCUT2D eigenvalue weighted by Crippen LogP contribution is 2.33. The third-order valence-corrected chi connectivity index (χ3v) is 7.27. The minimum absolute atomic E-state index is 0.0721. The normalized spacial score (nSPS) is 13.5. The molecule has 4 aromatic rings. The number of amides is 2. The molecular weight excluding hydrogens is 574 g/mol. The third-order valence-electron chi connectivity index (χ3n) is 7.02. The van der Waals surface area contributed by atoms with E-state index in [2.05, 4.69) is 5.32 Å². The molecule has 0 saturated heterocycles. The molecular formula is C31H26ClF4N3O3. The molecule has 0 aliphatic carbocycles. The maximum atomic E-state index is 14.0. The molecule has 1 unspecified atom stereocenters. The highest BCUT2D eigenvalue weighted by molar-refractivity contribution is 6.30. The summed E-state index contributed by atoms with van der Waals surface area (Å²) in [6.45, 7) is 2.54. The quantitative estimate of drug-likeness (QED) is 0.223. The molecule has 11 heteroatoms. The van der Waals surface area contributed by atoms with E-state index in [1.807, 2.05) is 0 Å². The molecule has 5 rings (SSSR count). The summed E-state index contributed by atoms with van der Waals surface area (Å²) in [7, 11) is 0. The number of hydrogen-bond acceptors (Lipinski definition) is 4. The first-order valence-electron chi connectivity index (χ1n) is 13.2. The first-order chi connectivity index (χ1) is 20.0. The van der Waals surface area contributed by atoms with Gasteiger partial charge in [0.05, 0.1) is 11.3 Å². The fourth-order valence-corrected chi connectivity index (χ4v) is 5.10. The van der Waals surface area contributed by atoms with Gasteiger partial charge >= 0.3 is 6.18 Å². The van der Waals surface area contributed by atoms with E-state index in [9.17, 15) is 27.2 Å². The lowest BCUT2D eigenvalue weighted by Crippen LogP contribution is -2.55. The van der Waals surface area contributed by atoms with Gasteiger partial charge < -0.3 is 9.73 Å². The van der Waals surface area contributed by atoms with Crippen molar-refractivity contribution in [1.29, 1.82) is 0 Å². The molecule has 0 saturated carbocycles. The molecule has 0 fully saturated rings. The maximum absolute atomic E-state index is 14.0. The molecule has 1 aliphatic rings. The molecule has 2 amide bonds. The summed E-state index contributed by atoms with van der Waals surface area (Å²) in [5, 5.41) is 6.55. The molecule has 1 aliphatic heterocycles. The van der Waals surface area contributed by atoms with Crippen molar-refractivity contribution in [1.82, 2.24) is 10.3 Å². The third kappa shape index (κ3) is 6.28. The molecule has 0 radical (unpaired) electrons. The Kier molecular flexibility index (Phi) is 8.27. The van der Waals surface area contributed by atoms with E-state index < -0.39 is 29.6 Å². The number of carbonyl (C=O) groups is 2. The van der Waals surface area contributed by atoms with Crippen LogP contribution in [0.2, 0.25) is 5.02 Å². The van der Waals surface area contributed by atoms with E-state index in [-0.39, 0.29) is 35.9 Å². The van der Waals surface area contributed by atoms with Crippen LogP contribution in [0.3, 0.4) is 0 Å². The molecule has 42 heavy (non-hydrogen) atoms. The number of nitrogens with zero attached hydrogens (tertiary/aromatic N) is 2. The summed E-state index contributed by atoms with van der Waals surface area (Å²) in [6.07, 6.45) is -3.85. The van der Waals surface area contributed by atoms with Gasteiger partial charge in [-0.1, -0.05) is 35.9 Å². The molecule has 218 valence electrons. The van der Waals surface area contributed by atoms with E-state index in [1.54, 1.807) is 42.3 Å². The Hall–Kier alpha value is -4.31. The van der Waals surface area contributed by atoms with E-state index in [0.29, 0.717) is 23.7 Å². The SMILES string of the molecule is CCN(C(=O)C(Cc1ccc(Cl)cc1)NC(=O)c1ccc(-c2cccc(C(F)(F)F)c2)o1)N1CCc2cc(F)ccc21. The molecule has 1 aromatic heterocycles. The van der Waals surface area contributed by atoms with Crippen LogP contribution in [-0.4, -0.2) is 36.0 Å². The van der Waals surface area contributed by atoms with Crippen LogP contribution in [-0.2, 0) is 23.8 Å². The van der Waals surface area contributed by atoms with Crippen LogP contribution < -0.4 is 10.3 Å². The van der Waals surface area contributed by atoms with Gasteiger partial charge in [-0.2, -0.15) is 13.2 Å². The number of anilines is 1. The Morgan fingerprint density at radius 1 is 1.05 bits per heavy atom. The second-order valence-electron chi connectivity index (χ2n) is 9.80. The Balaban J connectivity index is 1.40. The Bertz CT molecular complexity index is 1600. The van der Waals surface area contributed by atoms with Gasteiger partial charge in [0.15, 0.2) is 5.76 Å². The molecule has 2 heterocycles. The molecule has 6 nitrogen and oxygen atoms in total. The lowest BCUT2D eigenvalue weighted by molar-refractivity contribution is -0.137. The standard InChI is InChI=1S/C31H26ClF4N3O3/c1-2-38(39-15-14-20-18-24(33)10-11-26(20)39)30(41)25(16-19-6-8-23(32)9-7-19)37-29(40)28-13-12-27(42-28)21-4-3-5-22(17-21)31(34,35)36/h3-13,17-18,25H,2,14-16H2,1H3,(H,37,40). The van der Waals surface area contributed by atoms with Crippen LogP contribution in [0.5, 0.6) is 0 Å². The molecule has 0 bridgehead atoms. The molecule has 1 atom stereocenters. The van der Waals surface area contributed by atoms with Crippen LogP contribution in [0, 0.1) is 5.82 Å². The smallest absolute Gasteiger partial charge is 0.416 e. The number of hydrazine groups is 1. The summed E-state index contributed by atoms with van der Waals surface area (Å²) in [5.41, 5.74) is 1.53. The molecule has 1 N–H and O–H groups in total. The van der Waals surface area contributed by atoms with Gasteiger partial charge in [0.1, 0.15) is 17.6 Å². The summed E-state index contributed by atoms with van der Waals surface area (Å²) >= 11 is 6.03. The second kappa shape index (κ2) is 11.9. The Morgan fingerprint density at radius 3 is 2.52 bits per heavy atom. The highest BCUT2D eigenvalue weighted by Gasteiger charge is 2.34. The maximum Gasteiger partial charge on any atom is 0.416 e. The average molecular weight is 600 g/mol. The Morgan fingerprint density at radius 2 is 1.81 bits per heavy atom. The first kappa shape index (κ1) is 29.2. The number of alkyl halides is 3. The van der Waals surface area contributed by atoms with Gasteiger partial charge in [0.2, 0.25) is 0 Å². The summed E-state index contributed by atoms with van der Waals surface area (Å²) in [6, 6.07) is 17.5. The van der Waals surface area contributed by atoms with Gasteiger partial charge in [-0.3, -0.25) is 19.6 Å². The topological polar surface area (TPSA) is 65.8 Å². The van der Waals surface area contributed by atoms with Crippen LogP contribution >= 0.6 is 11.6 Å². The zero-order chi connectivity index (χ0) is 30.0. The summed E-state index contributed by atoms with van der Waals surface area (Å²) in [4.78, 5) is 27.3. The summed E-state index contributed by atoms with van der Waals surface area (Å²) < 4.78 is 59.0. The van der Waals surface area contributed by atoms with E-state index in [4.69, 9.17) is 16.0 Å². The number of rotatable bonds is 8. The lowest BCUT2D eigenvalue weighted by Gasteiger charge is -2.35. The van der Waals surface area contributed by atoms with Gasteiger partial charge in [0, 0.05) is 30.1 Å². The number of carbonyl (C=O) groups excluding carboxylic acids is 2. The van der Waals surface area contributed by atoms with Crippen LogP contribution in [0.4, 0.5) is 23.2 Å². The van der Waals surface area contributed by atoms with Crippen molar-refractivity contribution in [2.24, 2.45) is 0 Å². The molecule has 0 spiro atoms. The highest BCUT2D eigenvalue weighted by atomic mass is 35.5. The van der Waals surface area contributed by atoms with Crippen molar-refractivity contribution in [2.75, 3.05) is 18.1 Å². The summed E-state index contributed by atoms with van der Waals surface area (Å²) in [5.74, 6) is -1.56. The minimum atomic E-state index is -4.53. The van der Waals surface area contributed by atoms with Crippen molar-refractivity contribution in [3.63, 3.8) is 0 Å². The number of furan rings is 1. The van der Waals surface area contributed by atoms with Crippen LogP contribution in [0.15, 0.2) is 83.3 Å². The van der Waals surface area contributed by atoms with Crippen LogP contribution in [0.1, 0.15) is 34.2 Å². The number of nitrogens with one attached hydrogen (secondary N) is 1.